The van der Waals surface area contributed by atoms with E-state index in [1.54, 1.807) is 6.07 Å². The van der Waals surface area contributed by atoms with E-state index in [4.69, 9.17) is 0 Å². The van der Waals surface area contributed by atoms with Gasteiger partial charge in [0.1, 0.15) is 5.82 Å². The normalized spacial score (nSPS) is 15.5. The smallest absolute Gasteiger partial charge is 0.225 e. The summed E-state index contributed by atoms with van der Waals surface area (Å²) in [5.41, 5.74) is 2.01. The van der Waals surface area contributed by atoms with Crippen molar-refractivity contribution in [3.8, 4) is 0 Å². The summed E-state index contributed by atoms with van der Waals surface area (Å²) in [4.78, 5) is 17.2. The average molecular weight is 377 g/mol. The van der Waals surface area contributed by atoms with Crippen molar-refractivity contribution in [1.82, 2.24) is 9.47 Å². The fourth-order valence-electron chi connectivity index (χ4n) is 3.81. The Kier molecular flexibility index (Phi) is 5.42. The van der Waals surface area contributed by atoms with E-state index in [9.17, 15) is 9.18 Å². The van der Waals surface area contributed by atoms with Gasteiger partial charge in [-0.2, -0.15) is 0 Å². The highest BCUT2D eigenvalue weighted by Crippen LogP contribution is 2.25. The van der Waals surface area contributed by atoms with Crippen molar-refractivity contribution >= 4 is 11.6 Å². The van der Waals surface area contributed by atoms with E-state index in [2.05, 4.69) is 17.0 Å². The van der Waals surface area contributed by atoms with Crippen molar-refractivity contribution in [1.29, 1.82) is 0 Å². The van der Waals surface area contributed by atoms with Crippen molar-refractivity contribution in [3.63, 3.8) is 0 Å². The molecule has 0 bridgehead atoms. The first-order valence-electron chi connectivity index (χ1n) is 9.66. The lowest BCUT2D eigenvalue weighted by Crippen LogP contribution is -2.49. The maximum Gasteiger partial charge on any atom is 0.225 e. The average Bonchev–Trinajstić information content (AvgIpc) is 3.27. The molecular formula is C23H24FN3O. The highest BCUT2D eigenvalue weighted by Gasteiger charge is 2.25. The topological polar surface area (TPSA) is 28.5 Å². The van der Waals surface area contributed by atoms with Gasteiger partial charge in [-0.3, -0.25) is 4.79 Å². The van der Waals surface area contributed by atoms with Crippen LogP contribution in [0.15, 0.2) is 79.1 Å². The Bertz CT molecular complexity index is 903. The Morgan fingerprint density at radius 3 is 2.29 bits per heavy atom. The van der Waals surface area contributed by atoms with Crippen LogP contribution in [0.5, 0.6) is 0 Å². The zero-order valence-corrected chi connectivity index (χ0v) is 15.7. The van der Waals surface area contributed by atoms with Crippen LogP contribution < -0.4 is 4.90 Å². The van der Waals surface area contributed by atoms with Gasteiger partial charge in [-0.15, -0.1) is 0 Å². The first-order valence-corrected chi connectivity index (χ1v) is 9.66. The summed E-state index contributed by atoms with van der Waals surface area (Å²) in [5.74, 6) is -0.172. The minimum atomic E-state index is -0.279. The number of rotatable bonds is 5. The van der Waals surface area contributed by atoms with Crippen molar-refractivity contribution in [3.05, 3.63) is 90.5 Å². The largest absolute Gasteiger partial charge is 0.368 e. The number of hydrogen-bond donors (Lipinski definition) is 0. The molecule has 0 N–H and O–H groups in total. The van der Waals surface area contributed by atoms with Crippen molar-refractivity contribution in [2.24, 2.45) is 0 Å². The highest BCUT2D eigenvalue weighted by molar-refractivity contribution is 5.77. The second kappa shape index (κ2) is 8.30. The van der Waals surface area contributed by atoms with E-state index in [-0.39, 0.29) is 17.8 Å². The Morgan fingerprint density at radius 1 is 0.893 bits per heavy atom. The summed E-state index contributed by atoms with van der Waals surface area (Å²) in [7, 11) is 0. The van der Waals surface area contributed by atoms with Gasteiger partial charge in [0.05, 0.1) is 12.5 Å². The molecule has 4 nitrogen and oxygen atoms in total. The summed E-state index contributed by atoms with van der Waals surface area (Å²) in [6.45, 7) is 3.05. The molecule has 1 saturated heterocycles. The van der Waals surface area contributed by atoms with Crippen LogP contribution in [0, 0.1) is 5.82 Å². The summed E-state index contributed by atoms with van der Waals surface area (Å²) in [6.07, 6.45) is 4.18. The Morgan fingerprint density at radius 2 is 1.61 bits per heavy atom. The molecule has 28 heavy (non-hydrogen) atoms. The molecule has 0 radical (unpaired) electrons. The fraction of sp³-hybridized carbons (Fsp3) is 0.261. The second-order valence-corrected chi connectivity index (χ2v) is 7.11. The molecule has 144 valence electrons. The number of anilines is 1. The lowest BCUT2D eigenvalue weighted by atomic mass is 10.0. The molecule has 1 aliphatic heterocycles. The zero-order chi connectivity index (χ0) is 19.3. The molecule has 0 spiro atoms. The van der Waals surface area contributed by atoms with Crippen LogP contribution in [0.2, 0.25) is 0 Å². The number of amides is 1. The van der Waals surface area contributed by atoms with Crippen LogP contribution in [0.1, 0.15) is 18.0 Å². The number of halogens is 1. The lowest BCUT2D eigenvalue weighted by molar-refractivity contribution is -0.132. The monoisotopic (exact) mass is 377 g/mol. The van der Waals surface area contributed by atoms with E-state index in [0.29, 0.717) is 19.5 Å². The molecule has 1 aliphatic rings. The third-order valence-corrected chi connectivity index (χ3v) is 5.34. The minimum absolute atomic E-state index is 0.107. The van der Waals surface area contributed by atoms with Gasteiger partial charge in [-0.05, 0) is 42.0 Å². The van der Waals surface area contributed by atoms with E-state index in [0.717, 1.165) is 18.7 Å². The molecule has 1 atom stereocenters. The third kappa shape index (κ3) is 4.09. The van der Waals surface area contributed by atoms with Gasteiger partial charge in [-0.25, -0.2) is 4.39 Å². The first kappa shape index (κ1) is 18.3. The summed E-state index contributed by atoms with van der Waals surface area (Å²) >= 11 is 0. The van der Waals surface area contributed by atoms with E-state index >= 15 is 0 Å². The predicted molar refractivity (Wildman–Crippen MR) is 109 cm³/mol. The van der Waals surface area contributed by atoms with Crippen LogP contribution in [-0.4, -0.2) is 41.6 Å². The van der Waals surface area contributed by atoms with Gasteiger partial charge in [-0.1, -0.05) is 30.3 Å². The molecule has 0 unspecified atom stereocenters. The van der Waals surface area contributed by atoms with Crippen LogP contribution in [0.4, 0.5) is 10.1 Å². The second-order valence-electron chi connectivity index (χ2n) is 7.11. The zero-order valence-electron chi connectivity index (χ0n) is 15.7. The predicted octanol–water partition coefficient (Wildman–Crippen LogP) is 3.96. The van der Waals surface area contributed by atoms with Crippen molar-refractivity contribution < 1.29 is 9.18 Å². The molecule has 0 saturated carbocycles. The molecule has 1 aromatic heterocycles. The first-order chi connectivity index (χ1) is 13.7. The third-order valence-electron chi connectivity index (χ3n) is 5.34. The maximum atomic E-state index is 13.8. The van der Waals surface area contributed by atoms with Gasteiger partial charge in [0.15, 0.2) is 0 Å². The SMILES string of the molecule is O=C(C[C@H](c1cccc(F)c1)n1cccc1)N1CCN(c2ccccc2)CC1. The summed E-state index contributed by atoms with van der Waals surface area (Å²) < 4.78 is 15.7. The Balaban J connectivity index is 1.44. The highest BCUT2D eigenvalue weighted by atomic mass is 19.1. The molecule has 2 aromatic carbocycles. The van der Waals surface area contributed by atoms with Gasteiger partial charge < -0.3 is 14.4 Å². The maximum absolute atomic E-state index is 13.8. The van der Waals surface area contributed by atoms with Crippen LogP contribution >= 0.6 is 0 Å². The van der Waals surface area contributed by atoms with Gasteiger partial charge >= 0.3 is 0 Å². The van der Waals surface area contributed by atoms with Crippen LogP contribution in [-0.2, 0) is 4.79 Å². The number of carbonyl (C=O) groups excluding carboxylic acids is 1. The minimum Gasteiger partial charge on any atom is -0.368 e. The molecule has 4 rings (SSSR count). The number of para-hydroxylation sites is 1. The van der Waals surface area contributed by atoms with Gasteiger partial charge in [0.25, 0.3) is 0 Å². The number of carbonyl (C=O) groups is 1. The number of hydrogen-bond acceptors (Lipinski definition) is 2. The van der Waals surface area contributed by atoms with Gasteiger partial charge in [0, 0.05) is 44.3 Å². The summed E-state index contributed by atoms with van der Waals surface area (Å²) in [6, 6.07) is 20.5. The number of nitrogens with zero attached hydrogens (tertiary/aromatic N) is 3. The Hall–Kier alpha value is -3.08. The molecule has 1 amide bonds. The standard InChI is InChI=1S/C23H24FN3O/c24-20-8-6-7-19(17-20)22(26-11-4-5-12-26)18-23(28)27-15-13-25(14-16-27)21-9-2-1-3-10-21/h1-12,17,22H,13-16,18H2/t22-/m1/s1. The lowest BCUT2D eigenvalue weighted by Gasteiger charge is -2.36. The number of piperazine rings is 1. The molecule has 5 heteroatoms. The van der Waals surface area contributed by atoms with Gasteiger partial charge in [0.2, 0.25) is 5.91 Å². The van der Waals surface area contributed by atoms with E-state index in [1.807, 2.05) is 58.3 Å². The molecule has 0 aliphatic carbocycles. The van der Waals surface area contributed by atoms with Crippen molar-refractivity contribution in [2.75, 3.05) is 31.1 Å². The number of aromatic nitrogens is 1. The quantitative estimate of drug-likeness (QED) is 0.673. The Labute approximate surface area is 164 Å². The van der Waals surface area contributed by atoms with Crippen LogP contribution in [0.25, 0.3) is 0 Å². The summed E-state index contributed by atoms with van der Waals surface area (Å²) in [5, 5.41) is 0. The fourth-order valence-corrected chi connectivity index (χ4v) is 3.81. The van der Waals surface area contributed by atoms with Crippen molar-refractivity contribution in [2.45, 2.75) is 12.5 Å². The van der Waals surface area contributed by atoms with E-state index in [1.165, 1.54) is 17.8 Å². The van der Waals surface area contributed by atoms with E-state index < -0.39 is 0 Å². The molecule has 2 heterocycles. The molecule has 1 fully saturated rings. The number of benzene rings is 2. The molecule has 3 aromatic rings. The molecular weight excluding hydrogens is 353 g/mol. The van der Waals surface area contributed by atoms with Crippen LogP contribution in [0.3, 0.4) is 0 Å².